The fraction of sp³-hybridized carbons (Fsp3) is 0.263. The van der Waals surface area contributed by atoms with Crippen LogP contribution < -0.4 is 15.4 Å². The second-order valence-electron chi connectivity index (χ2n) is 5.39. The molecule has 2 amide bonds. The van der Waals surface area contributed by atoms with Crippen molar-refractivity contribution in [2.24, 2.45) is 0 Å². The van der Waals surface area contributed by atoms with Crippen molar-refractivity contribution < 1.29 is 14.3 Å². The second kappa shape index (κ2) is 9.08. The van der Waals surface area contributed by atoms with Gasteiger partial charge >= 0.3 is 0 Å². The van der Waals surface area contributed by atoms with Crippen LogP contribution >= 0.6 is 11.6 Å². The molecule has 6 heteroatoms. The van der Waals surface area contributed by atoms with E-state index in [2.05, 4.69) is 10.6 Å². The molecule has 0 aliphatic carbocycles. The first kappa shape index (κ1) is 18.8. The van der Waals surface area contributed by atoms with Gasteiger partial charge in [-0.15, -0.1) is 0 Å². The molecular formula is C19H21ClN2O3. The van der Waals surface area contributed by atoms with E-state index in [4.69, 9.17) is 16.3 Å². The molecule has 0 heterocycles. The van der Waals surface area contributed by atoms with Gasteiger partial charge in [0.15, 0.2) is 6.61 Å². The highest BCUT2D eigenvalue weighted by molar-refractivity contribution is 6.33. The summed E-state index contributed by atoms with van der Waals surface area (Å²) in [5, 5.41) is 5.81. The zero-order valence-electron chi connectivity index (χ0n) is 14.3. The van der Waals surface area contributed by atoms with Crippen molar-refractivity contribution in [3.8, 4) is 5.75 Å². The van der Waals surface area contributed by atoms with Crippen molar-refractivity contribution in [3.63, 3.8) is 0 Å². The Morgan fingerprint density at radius 1 is 1.04 bits per heavy atom. The average molecular weight is 361 g/mol. The lowest BCUT2D eigenvalue weighted by Gasteiger charge is -2.12. The van der Waals surface area contributed by atoms with Gasteiger partial charge in [-0.05, 0) is 36.2 Å². The van der Waals surface area contributed by atoms with Gasteiger partial charge in [0, 0.05) is 12.1 Å². The SMILES string of the molecule is CCC(=O)Nc1ccc(Cl)c(NC(=O)COc2ccccc2CC)c1. The predicted octanol–water partition coefficient (Wildman–Crippen LogP) is 4.27. The van der Waals surface area contributed by atoms with Gasteiger partial charge < -0.3 is 15.4 Å². The van der Waals surface area contributed by atoms with Crippen LogP contribution in [-0.4, -0.2) is 18.4 Å². The molecule has 0 saturated heterocycles. The molecule has 0 saturated carbocycles. The number of halogens is 1. The van der Waals surface area contributed by atoms with Crippen LogP contribution in [-0.2, 0) is 16.0 Å². The molecule has 0 aliphatic heterocycles. The van der Waals surface area contributed by atoms with Crippen LogP contribution in [0.2, 0.25) is 5.02 Å². The zero-order valence-corrected chi connectivity index (χ0v) is 15.0. The largest absolute Gasteiger partial charge is 0.483 e. The van der Waals surface area contributed by atoms with Crippen LogP contribution in [0.5, 0.6) is 5.75 Å². The highest BCUT2D eigenvalue weighted by Crippen LogP contribution is 2.26. The monoisotopic (exact) mass is 360 g/mol. The maximum atomic E-state index is 12.1. The maximum absolute atomic E-state index is 12.1. The molecule has 0 atom stereocenters. The van der Waals surface area contributed by atoms with Crippen molar-refractivity contribution >= 4 is 34.8 Å². The Kier molecular flexibility index (Phi) is 6.83. The number of para-hydroxylation sites is 1. The third-order valence-electron chi connectivity index (χ3n) is 3.56. The Hall–Kier alpha value is -2.53. The highest BCUT2D eigenvalue weighted by Gasteiger charge is 2.10. The van der Waals surface area contributed by atoms with Crippen LogP contribution in [0.15, 0.2) is 42.5 Å². The van der Waals surface area contributed by atoms with E-state index in [-0.39, 0.29) is 18.4 Å². The minimum Gasteiger partial charge on any atom is -0.483 e. The molecule has 2 N–H and O–H groups in total. The molecule has 0 fully saturated rings. The van der Waals surface area contributed by atoms with E-state index in [1.54, 1.807) is 25.1 Å². The van der Waals surface area contributed by atoms with E-state index in [0.717, 1.165) is 12.0 Å². The zero-order chi connectivity index (χ0) is 18.2. The van der Waals surface area contributed by atoms with Crippen molar-refractivity contribution in [3.05, 3.63) is 53.1 Å². The van der Waals surface area contributed by atoms with Crippen LogP contribution in [0.25, 0.3) is 0 Å². The van der Waals surface area contributed by atoms with E-state index in [0.29, 0.717) is 28.6 Å². The summed E-state index contributed by atoms with van der Waals surface area (Å²) in [6.45, 7) is 3.66. The molecule has 0 aliphatic rings. The summed E-state index contributed by atoms with van der Waals surface area (Å²) >= 11 is 6.11. The van der Waals surface area contributed by atoms with Gasteiger partial charge in [0.25, 0.3) is 5.91 Å². The number of anilines is 2. The molecule has 0 unspecified atom stereocenters. The Balaban J connectivity index is 2.00. The number of benzene rings is 2. The number of nitrogens with one attached hydrogen (secondary N) is 2. The van der Waals surface area contributed by atoms with Crippen LogP contribution in [0.1, 0.15) is 25.8 Å². The van der Waals surface area contributed by atoms with Crippen LogP contribution in [0.4, 0.5) is 11.4 Å². The number of carbonyl (C=O) groups excluding carboxylic acids is 2. The van der Waals surface area contributed by atoms with Gasteiger partial charge in [-0.3, -0.25) is 9.59 Å². The Labute approximate surface area is 152 Å². The van der Waals surface area contributed by atoms with E-state index >= 15 is 0 Å². The first-order chi connectivity index (χ1) is 12.0. The summed E-state index contributed by atoms with van der Waals surface area (Å²) in [5.74, 6) is 0.251. The minimum atomic E-state index is -0.327. The number of aryl methyl sites for hydroxylation is 1. The van der Waals surface area contributed by atoms with E-state index in [1.165, 1.54) is 0 Å². The predicted molar refractivity (Wildman–Crippen MR) is 100 cm³/mol. The minimum absolute atomic E-state index is 0.112. The summed E-state index contributed by atoms with van der Waals surface area (Å²) in [6, 6.07) is 12.5. The number of ether oxygens (including phenoxy) is 1. The lowest BCUT2D eigenvalue weighted by atomic mass is 10.1. The van der Waals surface area contributed by atoms with Gasteiger partial charge in [-0.2, -0.15) is 0 Å². The molecule has 0 bridgehead atoms. The Morgan fingerprint density at radius 2 is 1.80 bits per heavy atom. The number of hydrogen-bond donors (Lipinski definition) is 2. The van der Waals surface area contributed by atoms with Gasteiger partial charge in [0.1, 0.15) is 5.75 Å². The highest BCUT2D eigenvalue weighted by atomic mass is 35.5. The molecule has 25 heavy (non-hydrogen) atoms. The molecule has 0 spiro atoms. The molecule has 5 nitrogen and oxygen atoms in total. The normalized spacial score (nSPS) is 10.2. The quantitative estimate of drug-likeness (QED) is 0.774. The number of hydrogen-bond acceptors (Lipinski definition) is 3. The first-order valence-electron chi connectivity index (χ1n) is 8.13. The standard InChI is InChI=1S/C19H21ClN2O3/c1-3-13-7-5-6-8-17(13)25-12-19(24)22-16-11-14(9-10-15(16)20)21-18(23)4-2/h5-11H,3-4,12H2,1-2H3,(H,21,23)(H,22,24). The van der Waals surface area contributed by atoms with E-state index in [9.17, 15) is 9.59 Å². The summed E-state index contributed by atoms with van der Waals surface area (Å²) in [6.07, 6.45) is 1.19. The molecule has 2 rings (SSSR count). The van der Waals surface area contributed by atoms with Gasteiger partial charge in [0.05, 0.1) is 10.7 Å². The van der Waals surface area contributed by atoms with Gasteiger partial charge in [-0.25, -0.2) is 0 Å². The molecular weight excluding hydrogens is 340 g/mol. The number of carbonyl (C=O) groups is 2. The third-order valence-corrected chi connectivity index (χ3v) is 3.89. The van der Waals surface area contributed by atoms with Gasteiger partial charge in [0.2, 0.25) is 5.91 Å². The third kappa shape index (κ3) is 5.50. The molecule has 0 aromatic heterocycles. The Morgan fingerprint density at radius 3 is 2.52 bits per heavy atom. The fourth-order valence-corrected chi connectivity index (χ4v) is 2.38. The molecule has 132 valence electrons. The first-order valence-corrected chi connectivity index (χ1v) is 8.51. The van der Waals surface area contributed by atoms with Crippen molar-refractivity contribution in [2.75, 3.05) is 17.2 Å². The smallest absolute Gasteiger partial charge is 0.262 e. The summed E-state index contributed by atoms with van der Waals surface area (Å²) in [7, 11) is 0. The van der Waals surface area contributed by atoms with E-state index in [1.807, 2.05) is 31.2 Å². The van der Waals surface area contributed by atoms with Crippen LogP contribution in [0, 0.1) is 0 Å². The average Bonchev–Trinajstić information content (AvgIpc) is 2.62. The Bertz CT molecular complexity index is 762. The second-order valence-corrected chi connectivity index (χ2v) is 5.80. The lowest BCUT2D eigenvalue weighted by Crippen LogP contribution is -2.21. The summed E-state index contributed by atoms with van der Waals surface area (Å²) in [5.41, 5.74) is 2.04. The molecule has 0 radical (unpaired) electrons. The molecule has 2 aromatic rings. The van der Waals surface area contributed by atoms with E-state index < -0.39 is 0 Å². The summed E-state index contributed by atoms with van der Waals surface area (Å²) < 4.78 is 5.59. The fourth-order valence-electron chi connectivity index (χ4n) is 2.21. The van der Waals surface area contributed by atoms with Crippen molar-refractivity contribution in [1.29, 1.82) is 0 Å². The molecule has 2 aromatic carbocycles. The maximum Gasteiger partial charge on any atom is 0.262 e. The van der Waals surface area contributed by atoms with Gasteiger partial charge in [-0.1, -0.05) is 43.6 Å². The number of rotatable bonds is 7. The topological polar surface area (TPSA) is 67.4 Å². The van der Waals surface area contributed by atoms with Crippen LogP contribution in [0.3, 0.4) is 0 Å². The number of amides is 2. The lowest BCUT2D eigenvalue weighted by molar-refractivity contribution is -0.118. The van der Waals surface area contributed by atoms with Crippen molar-refractivity contribution in [1.82, 2.24) is 0 Å². The van der Waals surface area contributed by atoms with Crippen molar-refractivity contribution in [2.45, 2.75) is 26.7 Å². The summed E-state index contributed by atoms with van der Waals surface area (Å²) in [4.78, 5) is 23.6.